The molecule has 0 saturated heterocycles. The standard InChI is InChI=1S/C19H19N3O3/c1-13(23)20-15-7-9-16(10-8-15)22-18(25)19(11-12-19)17(24)21-14-5-3-2-4-6-14/h2-10H,11-12H2,1H3,(H,20,23)(H,21,24)(H,22,25). The van der Waals surface area contributed by atoms with Crippen LogP contribution in [0.25, 0.3) is 0 Å². The second-order valence-corrected chi connectivity index (χ2v) is 6.11. The van der Waals surface area contributed by atoms with Crippen molar-refractivity contribution in [1.82, 2.24) is 0 Å². The zero-order valence-corrected chi connectivity index (χ0v) is 13.8. The van der Waals surface area contributed by atoms with Crippen LogP contribution in [0.15, 0.2) is 54.6 Å². The molecule has 1 saturated carbocycles. The molecule has 0 radical (unpaired) electrons. The van der Waals surface area contributed by atoms with Crippen molar-refractivity contribution in [2.75, 3.05) is 16.0 Å². The Morgan fingerprint density at radius 3 is 1.60 bits per heavy atom. The van der Waals surface area contributed by atoms with Gasteiger partial charge in [0.2, 0.25) is 17.7 Å². The van der Waals surface area contributed by atoms with Crippen molar-refractivity contribution < 1.29 is 14.4 Å². The monoisotopic (exact) mass is 337 g/mol. The van der Waals surface area contributed by atoms with E-state index >= 15 is 0 Å². The topological polar surface area (TPSA) is 87.3 Å². The number of nitrogens with one attached hydrogen (secondary N) is 3. The molecule has 0 atom stereocenters. The summed E-state index contributed by atoms with van der Waals surface area (Å²) in [4.78, 5) is 36.0. The molecule has 0 aliphatic heterocycles. The first-order chi connectivity index (χ1) is 12.0. The molecule has 2 aromatic carbocycles. The molecule has 3 rings (SSSR count). The number of amides is 3. The van der Waals surface area contributed by atoms with Gasteiger partial charge in [0.05, 0.1) is 0 Å². The Bertz CT molecular complexity index is 796. The molecular formula is C19H19N3O3. The van der Waals surface area contributed by atoms with Crippen molar-refractivity contribution in [3.05, 3.63) is 54.6 Å². The summed E-state index contributed by atoms with van der Waals surface area (Å²) in [5.41, 5.74) is 0.893. The molecule has 3 N–H and O–H groups in total. The molecule has 1 aliphatic carbocycles. The lowest BCUT2D eigenvalue weighted by atomic mass is 10.0. The van der Waals surface area contributed by atoms with Gasteiger partial charge >= 0.3 is 0 Å². The number of anilines is 3. The van der Waals surface area contributed by atoms with Gasteiger partial charge in [-0.15, -0.1) is 0 Å². The summed E-state index contributed by atoms with van der Waals surface area (Å²) in [7, 11) is 0. The second-order valence-electron chi connectivity index (χ2n) is 6.11. The minimum Gasteiger partial charge on any atom is -0.326 e. The molecule has 0 unspecified atom stereocenters. The van der Waals surface area contributed by atoms with Crippen LogP contribution in [0.3, 0.4) is 0 Å². The molecule has 0 bridgehead atoms. The van der Waals surface area contributed by atoms with E-state index in [-0.39, 0.29) is 17.7 Å². The van der Waals surface area contributed by atoms with E-state index < -0.39 is 5.41 Å². The number of hydrogen-bond donors (Lipinski definition) is 3. The number of benzene rings is 2. The van der Waals surface area contributed by atoms with Crippen LogP contribution < -0.4 is 16.0 Å². The van der Waals surface area contributed by atoms with Crippen LogP contribution in [-0.2, 0) is 14.4 Å². The fourth-order valence-corrected chi connectivity index (χ4v) is 2.55. The Hall–Kier alpha value is -3.15. The number of para-hydroxylation sites is 1. The molecule has 25 heavy (non-hydrogen) atoms. The van der Waals surface area contributed by atoms with Crippen LogP contribution in [0.2, 0.25) is 0 Å². The summed E-state index contributed by atoms with van der Waals surface area (Å²) in [6.07, 6.45) is 1.06. The van der Waals surface area contributed by atoms with E-state index in [0.29, 0.717) is 29.9 Å². The van der Waals surface area contributed by atoms with E-state index in [1.165, 1.54) is 6.92 Å². The molecule has 0 spiro atoms. The lowest BCUT2D eigenvalue weighted by Gasteiger charge is -2.15. The van der Waals surface area contributed by atoms with Gasteiger partial charge in [0.25, 0.3) is 0 Å². The van der Waals surface area contributed by atoms with Crippen LogP contribution in [0, 0.1) is 5.41 Å². The largest absolute Gasteiger partial charge is 0.326 e. The maximum atomic E-state index is 12.5. The van der Waals surface area contributed by atoms with Gasteiger partial charge in [0.15, 0.2) is 0 Å². The van der Waals surface area contributed by atoms with Crippen molar-refractivity contribution in [1.29, 1.82) is 0 Å². The summed E-state index contributed by atoms with van der Waals surface area (Å²) in [5.74, 6) is -0.759. The third kappa shape index (κ3) is 3.85. The van der Waals surface area contributed by atoms with Gasteiger partial charge in [-0.05, 0) is 49.2 Å². The lowest BCUT2D eigenvalue weighted by molar-refractivity contribution is -0.131. The SMILES string of the molecule is CC(=O)Nc1ccc(NC(=O)C2(C(=O)Nc3ccccc3)CC2)cc1. The van der Waals surface area contributed by atoms with Crippen molar-refractivity contribution in [2.24, 2.45) is 5.41 Å². The fraction of sp³-hybridized carbons (Fsp3) is 0.211. The van der Waals surface area contributed by atoms with Crippen molar-refractivity contribution in [2.45, 2.75) is 19.8 Å². The van der Waals surface area contributed by atoms with Gasteiger partial charge < -0.3 is 16.0 Å². The predicted octanol–water partition coefficient (Wildman–Crippen LogP) is 3.00. The van der Waals surface area contributed by atoms with Crippen LogP contribution in [0.4, 0.5) is 17.1 Å². The van der Waals surface area contributed by atoms with Crippen molar-refractivity contribution in [3.8, 4) is 0 Å². The van der Waals surface area contributed by atoms with Crippen LogP contribution in [0.5, 0.6) is 0 Å². The van der Waals surface area contributed by atoms with E-state index in [4.69, 9.17) is 0 Å². The predicted molar refractivity (Wildman–Crippen MR) is 96.1 cm³/mol. The third-order valence-corrected chi connectivity index (χ3v) is 4.11. The number of hydrogen-bond acceptors (Lipinski definition) is 3. The molecule has 6 nitrogen and oxygen atoms in total. The van der Waals surface area contributed by atoms with Gasteiger partial charge in [-0.25, -0.2) is 0 Å². The van der Waals surface area contributed by atoms with Crippen molar-refractivity contribution in [3.63, 3.8) is 0 Å². The Morgan fingerprint density at radius 1 is 0.720 bits per heavy atom. The molecular weight excluding hydrogens is 318 g/mol. The smallest absolute Gasteiger partial charge is 0.240 e. The Balaban J connectivity index is 1.64. The van der Waals surface area contributed by atoms with E-state index in [9.17, 15) is 14.4 Å². The van der Waals surface area contributed by atoms with Gasteiger partial charge in [0.1, 0.15) is 5.41 Å². The molecule has 3 amide bonds. The van der Waals surface area contributed by atoms with Gasteiger partial charge in [-0.3, -0.25) is 14.4 Å². The molecule has 1 fully saturated rings. The molecule has 128 valence electrons. The Labute approximate surface area is 145 Å². The molecule has 2 aromatic rings. The Kier molecular flexibility index (Phi) is 4.52. The van der Waals surface area contributed by atoms with Crippen LogP contribution in [0.1, 0.15) is 19.8 Å². The summed E-state index contributed by atoms with van der Waals surface area (Å²) < 4.78 is 0. The summed E-state index contributed by atoms with van der Waals surface area (Å²) in [6.45, 7) is 1.43. The maximum Gasteiger partial charge on any atom is 0.240 e. The quantitative estimate of drug-likeness (QED) is 0.733. The molecule has 0 aromatic heterocycles. The molecule has 1 aliphatic rings. The minimum atomic E-state index is -1.01. The average molecular weight is 337 g/mol. The lowest BCUT2D eigenvalue weighted by Crippen LogP contribution is -2.35. The highest BCUT2D eigenvalue weighted by atomic mass is 16.2. The Morgan fingerprint density at radius 2 is 1.16 bits per heavy atom. The summed E-state index contributed by atoms with van der Waals surface area (Å²) >= 11 is 0. The first-order valence-corrected chi connectivity index (χ1v) is 8.05. The van der Waals surface area contributed by atoms with Gasteiger partial charge in [-0.2, -0.15) is 0 Å². The van der Waals surface area contributed by atoms with Crippen LogP contribution >= 0.6 is 0 Å². The van der Waals surface area contributed by atoms with Gasteiger partial charge in [0, 0.05) is 24.0 Å². The van der Waals surface area contributed by atoms with Crippen molar-refractivity contribution >= 4 is 34.8 Å². The first-order valence-electron chi connectivity index (χ1n) is 8.05. The summed E-state index contributed by atoms with van der Waals surface area (Å²) in [5, 5.41) is 8.23. The highest BCUT2D eigenvalue weighted by Crippen LogP contribution is 2.47. The number of rotatable bonds is 5. The summed E-state index contributed by atoms with van der Waals surface area (Å²) in [6, 6.07) is 15.8. The first kappa shape index (κ1) is 16.7. The fourth-order valence-electron chi connectivity index (χ4n) is 2.55. The average Bonchev–Trinajstić information content (AvgIpc) is 3.39. The highest BCUT2D eigenvalue weighted by Gasteiger charge is 2.56. The third-order valence-electron chi connectivity index (χ3n) is 4.11. The normalized spacial score (nSPS) is 14.3. The van der Waals surface area contributed by atoms with E-state index in [0.717, 1.165) is 0 Å². The highest BCUT2D eigenvalue weighted by molar-refractivity contribution is 6.16. The minimum absolute atomic E-state index is 0.161. The zero-order valence-electron chi connectivity index (χ0n) is 13.8. The maximum absolute atomic E-state index is 12.5. The van der Waals surface area contributed by atoms with E-state index in [2.05, 4.69) is 16.0 Å². The van der Waals surface area contributed by atoms with E-state index in [1.807, 2.05) is 18.2 Å². The number of carbonyl (C=O) groups is 3. The van der Waals surface area contributed by atoms with Gasteiger partial charge in [-0.1, -0.05) is 18.2 Å². The van der Waals surface area contributed by atoms with E-state index in [1.54, 1.807) is 36.4 Å². The molecule has 6 heteroatoms. The molecule has 0 heterocycles. The second kappa shape index (κ2) is 6.76. The zero-order chi connectivity index (χ0) is 17.9. The van der Waals surface area contributed by atoms with Crippen LogP contribution in [-0.4, -0.2) is 17.7 Å². The number of carbonyl (C=O) groups excluding carboxylic acids is 3.